The maximum Gasteiger partial charge on any atom is 0.410 e. The molecule has 0 aromatic carbocycles. The van der Waals surface area contributed by atoms with Crippen molar-refractivity contribution in [2.45, 2.75) is 105 Å². The molecule has 0 aliphatic rings. The van der Waals surface area contributed by atoms with E-state index in [0.29, 0.717) is 6.42 Å². The highest BCUT2D eigenvalue weighted by atomic mass is 16.6. The van der Waals surface area contributed by atoms with Crippen molar-refractivity contribution in [3.8, 4) is 0 Å². The second-order valence-electron chi connectivity index (χ2n) is 11.2. The maximum absolute atomic E-state index is 13.7. The Morgan fingerprint density at radius 1 is 0.944 bits per heavy atom. The van der Waals surface area contributed by atoms with Crippen LogP contribution in [-0.4, -0.2) is 89.8 Å². The van der Waals surface area contributed by atoms with E-state index in [1.807, 2.05) is 41.5 Å². The summed E-state index contributed by atoms with van der Waals surface area (Å²) in [6, 6.07) is -2.25. The summed E-state index contributed by atoms with van der Waals surface area (Å²) in [5, 5.41) is 12.2. The minimum Gasteiger partial charge on any atom is -0.481 e. The van der Waals surface area contributed by atoms with E-state index < -0.39 is 47.8 Å². The number of carbonyl (C=O) groups excluding carboxylic acids is 3. The molecule has 3 amide bonds. The van der Waals surface area contributed by atoms with E-state index in [4.69, 9.17) is 9.47 Å². The molecule has 5 unspecified atom stereocenters. The van der Waals surface area contributed by atoms with Gasteiger partial charge >= 0.3 is 12.1 Å². The number of nitrogens with zero attached hydrogens (tertiary/aromatic N) is 2. The van der Waals surface area contributed by atoms with Crippen molar-refractivity contribution < 1.29 is 33.8 Å². The van der Waals surface area contributed by atoms with Crippen LogP contribution in [0.1, 0.15) is 75.2 Å². The molecule has 0 aliphatic heterocycles. The van der Waals surface area contributed by atoms with Crippen molar-refractivity contribution in [3.05, 3.63) is 0 Å². The average Bonchev–Trinajstić information content (AvgIpc) is 2.74. The minimum absolute atomic E-state index is 0.0477. The van der Waals surface area contributed by atoms with E-state index in [9.17, 15) is 24.3 Å². The number of nitrogens with one attached hydrogen (secondary N) is 1. The van der Waals surface area contributed by atoms with Gasteiger partial charge in [0.15, 0.2) is 0 Å². The van der Waals surface area contributed by atoms with Crippen molar-refractivity contribution in [2.75, 3.05) is 21.2 Å². The monoisotopic (exact) mass is 515 g/mol. The molecule has 0 spiro atoms. The molecule has 10 nitrogen and oxygen atoms in total. The summed E-state index contributed by atoms with van der Waals surface area (Å²) in [7, 11) is 4.55. The van der Waals surface area contributed by atoms with Gasteiger partial charge in [-0.2, -0.15) is 0 Å². The first-order chi connectivity index (χ1) is 16.4. The molecule has 0 bridgehead atoms. The number of rotatable bonds is 13. The predicted molar refractivity (Wildman–Crippen MR) is 138 cm³/mol. The summed E-state index contributed by atoms with van der Waals surface area (Å²) < 4.78 is 10.9. The van der Waals surface area contributed by atoms with Gasteiger partial charge in [0.05, 0.1) is 18.6 Å². The van der Waals surface area contributed by atoms with Gasteiger partial charge in [0.25, 0.3) is 0 Å². The molecule has 0 radical (unpaired) electrons. The Hall–Kier alpha value is -2.36. The molecule has 10 heteroatoms. The Morgan fingerprint density at radius 3 is 1.83 bits per heavy atom. The van der Waals surface area contributed by atoms with Gasteiger partial charge in [0, 0.05) is 21.2 Å². The van der Waals surface area contributed by atoms with E-state index in [0.717, 1.165) is 0 Å². The maximum atomic E-state index is 13.7. The summed E-state index contributed by atoms with van der Waals surface area (Å²) in [5.74, 6) is -2.39. The SMILES string of the molecule is CCC(C)C(C(CC(=O)O)OC)N(C)C(=O)C(NC(=O)C(C(C)C)N(C)C(=O)OC(C)(C)C)C(C)C. The highest BCUT2D eigenvalue weighted by Crippen LogP contribution is 2.23. The number of hydrogen-bond donors (Lipinski definition) is 2. The molecule has 0 heterocycles. The van der Waals surface area contributed by atoms with E-state index in [1.54, 1.807) is 27.8 Å². The third-order valence-electron chi connectivity index (χ3n) is 6.31. The largest absolute Gasteiger partial charge is 0.481 e. The number of methoxy groups -OCH3 is 1. The summed E-state index contributed by atoms with van der Waals surface area (Å²) in [6.45, 7) is 16.4. The molecule has 0 aromatic rings. The van der Waals surface area contributed by atoms with Crippen molar-refractivity contribution in [2.24, 2.45) is 17.8 Å². The smallest absolute Gasteiger partial charge is 0.410 e. The number of carboxylic acids is 1. The van der Waals surface area contributed by atoms with Gasteiger partial charge in [-0.15, -0.1) is 0 Å². The zero-order valence-corrected chi connectivity index (χ0v) is 24.2. The fourth-order valence-electron chi connectivity index (χ4n) is 4.25. The standard InChI is InChI=1S/C26H49N3O7/c1-13-17(6)22(18(35-12)14-19(30)31)28(10)24(33)20(15(2)3)27-23(32)21(16(4)5)29(11)25(34)36-26(7,8)9/h15-18,20-22H,13-14H2,1-12H3,(H,27,32)(H,30,31). The van der Waals surface area contributed by atoms with Crippen LogP contribution >= 0.6 is 0 Å². The minimum atomic E-state index is -1.02. The van der Waals surface area contributed by atoms with Gasteiger partial charge in [-0.25, -0.2) is 4.79 Å². The fourth-order valence-corrected chi connectivity index (χ4v) is 4.25. The molecule has 0 saturated heterocycles. The number of amides is 3. The van der Waals surface area contributed by atoms with Gasteiger partial charge in [0.1, 0.15) is 17.7 Å². The Kier molecular flexibility index (Phi) is 13.5. The van der Waals surface area contributed by atoms with Gasteiger partial charge in [-0.05, 0) is 38.5 Å². The lowest BCUT2D eigenvalue weighted by Gasteiger charge is -2.40. The normalized spacial score (nSPS) is 16.1. The van der Waals surface area contributed by atoms with Gasteiger partial charge in [-0.3, -0.25) is 19.3 Å². The van der Waals surface area contributed by atoms with Crippen molar-refractivity contribution in [3.63, 3.8) is 0 Å². The topological polar surface area (TPSA) is 125 Å². The number of aliphatic carboxylic acids is 1. The predicted octanol–water partition coefficient (Wildman–Crippen LogP) is 3.38. The first kappa shape index (κ1) is 33.6. The second kappa shape index (κ2) is 14.4. The summed E-state index contributed by atoms with van der Waals surface area (Å²) in [6.07, 6.45) is -0.889. The van der Waals surface area contributed by atoms with E-state index >= 15 is 0 Å². The van der Waals surface area contributed by atoms with Gasteiger partial charge < -0.3 is 24.8 Å². The average molecular weight is 516 g/mol. The molecule has 210 valence electrons. The Bertz CT molecular complexity index is 748. The lowest BCUT2D eigenvalue weighted by Crippen LogP contribution is -2.60. The number of likely N-dealkylation sites (N-methyl/N-ethyl adjacent to an activating group) is 2. The van der Waals surface area contributed by atoms with Crippen LogP contribution in [0.5, 0.6) is 0 Å². The molecular formula is C26H49N3O7. The van der Waals surface area contributed by atoms with Gasteiger partial charge in [0.2, 0.25) is 11.8 Å². The van der Waals surface area contributed by atoms with E-state index in [-0.39, 0.29) is 30.1 Å². The van der Waals surface area contributed by atoms with Crippen LogP contribution < -0.4 is 5.32 Å². The van der Waals surface area contributed by atoms with Crippen molar-refractivity contribution in [1.29, 1.82) is 0 Å². The van der Waals surface area contributed by atoms with E-state index in [2.05, 4.69) is 5.32 Å². The van der Waals surface area contributed by atoms with Crippen LogP contribution in [0.25, 0.3) is 0 Å². The van der Waals surface area contributed by atoms with Crippen LogP contribution in [0, 0.1) is 17.8 Å². The third kappa shape index (κ3) is 9.95. The van der Waals surface area contributed by atoms with Crippen molar-refractivity contribution >= 4 is 23.9 Å². The van der Waals surface area contributed by atoms with Crippen LogP contribution in [0.2, 0.25) is 0 Å². The Labute approximate surface area is 217 Å². The first-order valence-corrected chi connectivity index (χ1v) is 12.7. The summed E-state index contributed by atoms with van der Waals surface area (Å²) >= 11 is 0. The molecule has 5 atom stereocenters. The highest BCUT2D eigenvalue weighted by Gasteiger charge is 2.39. The zero-order chi connectivity index (χ0) is 28.5. The van der Waals surface area contributed by atoms with Crippen LogP contribution in [0.4, 0.5) is 4.79 Å². The number of hydrogen-bond acceptors (Lipinski definition) is 6. The number of ether oxygens (including phenoxy) is 2. The van der Waals surface area contributed by atoms with Crippen LogP contribution in [-0.2, 0) is 23.9 Å². The Morgan fingerprint density at radius 2 is 1.47 bits per heavy atom. The summed E-state index contributed by atoms with van der Waals surface area (Å²) in [5.41, 5.74) is -0.721. The molecule has 36 heavy (non-hydrogen) atoms. The molecule has 0 aliphatic carbocycles. The molecule has 2 N–H and O–H groups in total. The molecule has 0 saturated carbocycles. The third-order valence-corrected chi connectivity index (χ3v) is 6.31. The number of carbonyl (C=O) groups is 4. The molecular weight excluding hydrogens is 466 g/mol. The van der Waals surface area contributed by atoms with Crippen LogP contribution in [0.15, 0.2) is 0 Å². The number of carboxylic acid groups (broad SMARTS) is 1. The fraction of sp³-hybridized carbons (Fsp3) is 0.846. The zero-order valence-electron chi connectivity index (χ0n) is 24.2. The van der Waals surface area contributed by atoms with Crippen molar-refractivity contribution in [1.82, 2.24) is 15.1 Å². The van der Waals surface area contributed by atoms with Gasteiger partial charge in [-0.1, -0.05) is 48.0 Å². The molecule has 0 aromatic heterocycles. The first-order valence-electron chi connectivity index (χ1n) is 12.7. The second-order valence-corrected chi connectivity index (χ2v) is 11.2. The lowest BCUT2D eigenvalue weighted by molar-refractivity contribution is -0.148. The lowest BCUT2D eigenvalue weighted by atomic mass is 9.90. The van der Waals surface area contributed by atoms with Crippen LogP contribution in [0.3, 0.4) is 0 Å². The highest BCUT2D eigenvalue weighted by molar-refractivity contribution is 5.91. The van der Waals surface area contributed by atoms with E-state index in [1.165, 1.54) is 24.0 Å². The Balaban J connectivity index is 6.00. The molecule has 0 fully saturated rings. The summed E-state index contributed by atoms with van der Waals surface area (Å²) in [4.78, 5) is 53.9. The molecule has 0 rings (SSSR count). The quantitative estimate of drug-likeness (QED) is 0.385.